The second-order valence-corrected chi connectivity index (χ2v) is 5.94. The molecule has 0 amide bonds. The summed E-state index contributed by atoms with van der Waals surface area (Å²) in [5, 5.41) is 0.655. The van der Waals surface area contributed by atoms with Crippen LogP contribution in [0, 0.1) is 0 Å². The van der Waals surface area contributed by atoms with Gasteiger partial charge in [-0.1, -0.05) is 46.6 Å². The summed E-state index contributed by atoms with van der Waals surface area (Å²) in [5.41, 5.74) is 8.19. The second-order valence-electron chi connectivity index (χ2n) is 4.59. The third kappa shape index (κ3) is 3.56. The van der Waals surface area contributed by atoms with Crippen LogP contribution in [0.2, 0.25) is 5.02 Å². The van der Waals surface area contributed by atoms with Gasteiger partial charge in [0.05, 0.1) is 5.02 Å². The molecule has 1 aromatic carbocycles. The van der Waals surface area contributed by atoms with E-state index in [0.29, 0.717) is 11.6 Å². The first-order valence-corrected chi connectivity index (χ1v) is 7.36. The highest BCUT2D eigenvalue weighted by Crippen LogP contribution is 2.32. The lowest BCUT2D eigenvalue weighted by Crippen LogP contribution is -2.19. The molecule has 2 N–H and O–H groups in total. The predicted molar refractivity (Wildman–Crippen MR) is 83.6 cm³/mol. The molecule has 0 saturated heterocycles. The minimum Gasteiger partial charge on any atom is -0.330 e. The zero-order valence-electron chi connectivity index (χ0n) is 10.7. The van der Waals surface area contributed by atoms with Crippen LogP contribution in [-0.4, -0.2) is 11.5 Å². The summed E-state index contributed by atoms with van der Waals surface area (Å²) in [5.74, 6) is 0.489. The molecule has 2 nitrogen and oxygen atoms in total. The normalized spacial score (nSPS) is 14.1. The Morgan fingerprint density at radius 2 is 2.11 bits per heavy atom. The molecule has 100 valence electrons. The van der Waals surface area contributed by atoms with Crippen molar-refractivity contribution in [1.29, 1.82) is 0 Å². The highest BCUT2D eigenvalue weighted by molar-refractivity contribution is 9.10. The third-order valence-electron chi connectivity index (χ3n) is 3.35. The number of benzene rings is 1. The Morgan fingerprint density at radius 3 is 2.68 bits per heavy atom. The van der Waals surface area contributed by atoms with Gasteiger partial charge in [-0.15, -0.1) is 0 Å². The van der Waals surface area contributed by atoms with Crippen molar-refractivity contribution < 1.29 is 0 Å². The SMILES string of the molecule is CC(c1ccc(Cl)cn1)C(CN)c1cccc(Br)c1. The Balaban J connectivity index is 2.28. The van der Waals surface area contributed by atoms with Crippen molar-refractivity contribution in [2.45, 2.75) is 18.8 Å². The van der Waals surface area contributed by atoms with Crippen molar-refractivity contribution in [1.82, 2.24) is 4.98 Å². The number of hydrogen-bond acceptors (Lipinski definition) is 2. The van der Waals surface area contributed by atoms with Crippen LogP contribution in [0.5, 0.6) is 0 Å². The first kappa shape index (κ1) is 14.5. The van der Waals surface area contributed by atoms with E-state index in [1.807, 2.05) is 24.3 Å². The molecule has 0 radical (unpaired) electrons. The summed E-state index contributed by atoms with van der Waals surface area (Å²) in [6.45, 7) is 2.73. The van der Waals surface area contributed by atoms with Crippen molar-refractivity contribution in [3.8, 4) is 0 Å². The molecule has 2 rings (SSSR count). The van der Waals surface area contributed by atoms with E-state index < -0.39 is 0 Å². The third-order valence-corrected chi connectivity index (χ3v) is 4.07. The molecule has 2 atom stereocenters. The molecule has 1 heterocycles. The lowest BCUT2D eigenvalue weighted by molar-refractivity contribution is 0.572. The maximum Gasteiger partial charge on any atom is 0.0589 e. The smallest absolute Gasteiger partial charge is 0.0589 e. The maximum atomic E-state index is 5.95. The monoisotopic (exact) mass is 338 g/mol. The van der Waals surface area contributed by atoms with Crippen LogP contribution < -0.4 is 5.73 Å². The van der Waals surface area contributed by atoms with E-state index in [4.69, 9.17) is 17.3 Å². The lowest BCUT2D eigenvalue weighted by Gasteiger charge is -2.23. The van der Waals surface area contributed by atoms with Crippen molar-refractivity contribution in [2.24, 2.45) is 5.73 Å². The summed E-state index contributed by atoms with van der Waals surface area (Å²) < 4.78 is 1.07. The molecule has 19 heavy (non-hydrogen) atoms. The van der Waals surface area contributed by atoms with Crippen molar-refractivity contribution in [2.75, 3.05) is 6.54 Å². The second kappa shape index (κ2) is 6.51. The van der Waals surface area contributed by atoms with Gasteiger partial charge in [0.25, 0.3) is 0 Å². The van der Waals surface area contributed by atoms with Crippen LogP contribution in [-0.2, 0) is 0 Å². The van der Waals surface area contributed by atoms with E-state index in [2.05, 4.69) is 40.0 Å². The van der Waals surface area contributed by atoms with Gasteiger partial charge < -0.3 is 5.73 Å². The number of halogens is 2. The van der Waals surface area contributed by atoms with Crippen LogP contribution in [0.25, 0.3) is 0 Å². The number of nitrogens with two attached hydrogens (primary N) is 1. The van der Waals surface area contributed by atoms with Gasteiger partial charge in [0, 0.05) is 28.2 Å². The predicted octanol–water partition coefficient (Wildman–Crippen LogP) is 4.34. The standard InChI is InChI=1S/C15H16BrClN2/c1-10(15-6-5-13(17)9-19-15)14(8-18)11-3-2-4-12(16)7-11/h2-7,9-10,14H,8,18H2,1H3. The molecule has 0 spiro atoms. The van der Waals surface area contributed by atoms with Gasteiger partial charge in [0.15, 0.2) is 0 Å². The quantitative estimate of drug-likeness (QED) is 0.899. The average molecular weight is 340 g/mol. The minimum atomic E-state index is 0.242. The van der Waals surface area contributed by atoms with Crippen LogP contribution >= 0.6 is 27.5 Å². The van der Waals surface area contributed by atoms with Gasteiger partial charge in [-0.05, 0) is 36.4 Å². The Hall–Kier alpha value is -0.900. The zero-order valence-corrected chi connectivity index (χ0v) is 13.0. The fraction of sp³-hybridized carbons (Fsp3) is 0.267. The van der Waals surface area contributed by atoms with E-state index in [-0.39, 0.29) is 11.8 Å². The van der Waals surface area contributed by atoms with Crippen LogP contribution in [0.4, 0.5) is 0 Å². The van der Waals surface area contributed by atoms with Gasteiger partial charge in [0.1, 0.15) is 0 Å². The van der Waals surface area contributed by atoms with Crippen molar-refractivity contribution in [3.05, 3.63) is 63.3 Å². The molecular formula is C15H16BrClN2. The molecule has 1 aromatic heterocycles. The van der Waals surface area contributed by atoms with Gasteiger partial charge in [-0.3, -0.25) is 4.98 Å². The van der Waals surface area contributed by atoms with E-state index in [1.54, 1.807) is 6.20 Å². The van der Waals surface area contributed by atoms with E-state index in [0.717, 1.165) is 10.2 Å². The molecule has 4 heteroatoms. The first-order valence-electron chi connectivity index (χ1n) is 6.19. The molecule has 2 unspecified atom stereocenters. The molecular weight excluding hydrogens is 324 g/mol. The Morgan fingerprint density at radius 1 is 1.32 bits per heavy atom. The van der Waals surface area contributed by atoms with E-state index in [1.165, 1.54) is 5.56 Å². The number of aromatic nitrogens is 1. The Labute approximate surface area is 127 Å². The molecule has 0 aliphatic heterocycles. The van der Waals surface area contributed by atoms with Crippen molar-refractivity contribution in [3.63, 3.8) is 0 Å². The van der Waals surface area contributed by atoms with Crippen molar-refractivity contribution >= 4 is 27.5 Å². The fourth-order valence-electron chi connectivity index (χ4n) is 2.23. The van der Waals surface area contributed by atoms with Gasteiger partial charge >= 0.3 is 0 Å². The van der Waals surface area contributed by atoms with E-state index >= 15 is 0 Å². The maximum absolute atomic E-state index is 5.95. The van der Waals surface area contributed by atoms with Gasteiger partial charge in [0.2, 0.25) is 0 Å². The Kier molecular flexibility index (Phi) is 4.97. The van der Waals surface area contributed by atoms with Crippen LogP contribution in [0.1, 0.15) is 30.0 Å². The van der Waals surface area contributed by atoms with E-state index in [9.17, 15) is 0 Å². The first-order chi connectivity index (χ1) is 9.11. The molecule has 0 aliphatic rings. The number of pyridine rings is 1. The highest BCUT2D eigenvalue weighted by atomic mass is 79.9. The minimum absolute atomic E-state index is 0.242. The topological polar surface area (TPSA) is 38.9 Å². The summed E-state index contributed by atoms with van der Waals surface area (Å²) >= 11 is 9.37. The average Bonchev–Trinajstić information content (AvgIpc) is 2.40. The molecule has 0 bridgehead atoms. The molecule has 0 saturated carbocycles. The largest absolute Gasteiger partial charge is 0.330 e. The van der Waals surface area contributed by atoms with Gasteiger partial charge in [-0.2, -0.15) is 0 Å². The number of hydrogen-bond donors (Lipinski definition) is 1. The van der Waals surface area contributed by atoms with Crippen LogP contribution in [0.3, 0.4) is 0 Å². The summed E-state index contributed by atoms with van der Waals surface area (Å²) in [6.07, 6.45) is 1.68. The molecule has 0 aliphatic carbocycles. The van der Waals surface area contributed by atoms with Gasteiger partial charge in [-0.25, -0.2) is 0 Å². The summed E-state index contributed by atoms with van der Waals surface area (Å²) in [7, 11) is 0. The number of nitrogens with zero attached hydrogens (tertiary/aromatic N) is 1. The number of rotatable bonds is 4. The van der Waals surface area contributed by atoms with Crippen LogP contribution in [0.15, 0.2) is 47.1 Å². The zero-order chi connectivity index (χ0) is 13.8. The Bertz CT molecular complexity index is 542. The summed E-state index contributed by atoms with van der Waals surface area (Å²) in [4.78, 5) is 4.40. The fourth-order valence-corrected chi connectivity index (χ4v) is 2.76. The molecule has 0 fully saturated rings. The molecule has 2 aromatic rings. The lowest BCUT2D eigenvalue weighted by atomic mass is 9.85. The highest BCUT2D eigenvalue weighted by Gasteiger charge is 2.20. The summed E-state index contributed by atoms with van der Waals surface area (Å²) in [6, 6.07) is 12.1.